The Morgan fingerprint density at radius 2 is 1.86 bits per heavy atom. The van der Waals surface area contributed by atoms with Crippen LogP contribution in [0.3, 0.4) is 0 Å². The fourth-order valence-corrected chi connectivity index (χ4v) is 3.08. The first kappa shape index (κ1) is 19.7. The lowest BCUT2D eigenvalue weighted by Crippen LogP contribution is -2.34. The van der Waals surface area contributed by atoms with E-state index in [-0.39, 0.29) is 34.7 Å². The van der Waals surface area contributed by atoms with Crippen molar-refractivity contribution in [3.8, 4) is 0 Å². The minimum atomic E-state index is -0.640. The topological polar surface area (TPSA) is 91.0 Å². The van der Waals surface area contributed by atoms with Crippen molar-refractivity contribution in [2.75, 3.05) is 24.1 Å². The van der Waals surface area contributed by atoms with Gasteiger partial charge in [-0.15, -0.1) is 0 Å². The highest BCUT2D eigenvalue weighted by molar-refractivity contribution is 6.12. The zero-order valence-electron chi connectivity index (χ0n) is 15.3. The smallest absolute Gasteiger partial charge is 0.227 e. The van der Waals surface area contributed by atoms with Gasteiger partial charge in [0.15, 0.2) is 0 Å². The van der Waals surface area contributed by atoms with Crippen LogP contribution < -0.4 is 16.4 Å². The molecular weight excluding hydrogens is 362 g/mol. The van der Waals surface area contributed by atoms with E-state index in [1.807, 2.05) is 0 Å². The summed E-state index contributed by atoms with van der Waals surface area (Å²) in [5.74, 6) is -1.38. The molecule has 0 spiro atoms. The lowest BCUT2D eigenvalue weighted by atomic mass is 9.97. The zero-order chi connectivity index (χ0) is 20.1. The Hall–Kier alpha value is -3.06. The van der Waals surface area contributed by atoms with Crippen LogP contribution in [0.4, 0.5) is 20.2 Å². The van der Waals surface area contributed by atoms with Crippen LogP contribution in [0.5, 0.6) is 0 Å². The van der Waals surface area contributed by atoms with Crippen LogP contribution in [0, 0.1) is 23.0 Å². The fraction of sp³-hybridized carbons (Fsp3) is 0.238. The van der Waals surface area contributed by atoms with Crippen molar-refractivity contribution in [3.63, 3.8) is 0 Å². The van der Waals surface area contributed by atoms with Crippen molar-refractivity contribution in [1.82, 2.24) is 5.32 Å². The van der Waals surface area contributed by atoms with Crippen LogP contribution in [0.1, 0.15) is 24.0 Å². The van der Waals surface area contributed by atoms with E-state index < -0.39 is 5.82 Å². The number of piperidine rings is 1. The molecule has 146 valence electrons. The molecule has 3 rings (SSSR count). The van der Waals surface area contributed by atoms with Crippen molar-refractivity contribution < 1.29 is 13.6 Å². The van der Waals surface area contributed by atoms with Gasteiger partial charge in [0.25, 0.3) is 0 Å². The Morgan fingerprint density at radius 1 is 1.18 bits per heavy atom. The van der Waals surface area contributed by atoms with Crippen LogP contribution in [0.25, 0.3) is 6.08 Å². The second-order valence-electron chi connectivity index (χ2n) is 6.73. The van der Waals surface area contributed by atoms with E-state index in [4.69, 9.17) is 11.1 Å². The number of hydrogen-bond donors (Lipinski definition) is 4. The van der Waals surface area contributed by atoms with Gasteiger partial charge in [-0.05, 0) is 61.8 Å². The first-order chi connectivity index (χ1) is 13.4. The molecule has 7 heteroatoms. The van der Waals surface area contributed by atoms with Gasteiger partial charge in [0, 0.05) is 17.2 Å². The van der Waals surface area contributed by atoms with E-state index in [2.05, 4.69) is 10.6 Å². The van der Waals surface area contributed by atoms with Gasteiger partial charge in [0.2, 0.25) is 5.91 Å². The van der Waals surface area contributed by atoms with Crippen molar-refractivity contribution in [1.29, 1.82) is 5.41 Å². The molecule has 5 nitrogen and oxygen atoms in total. The highest BCUT2D eigenvalue weighted by Gasteiger charge is 2.22. The summed E-state index contributed by atoms with van der Waals surface area (Å²) in [5, 5.41) is 14.0. The summed E-state index contributed by atoms with van der Waals surface area (Å²) in [6, 6.07) is 8.29. The third kappa shape index (κ3) is 4.80. The summed E-state index contributed by atoms with van der Waals surface area (Å²) < 4.78 is 27.2. The van der Waals surface area contributed by atoms with E-state index in [0.717, 1.165) is 19.2 Å². The number of anilines is 2. The third-order valence-electron chi connectivity index (χ3n) is 4.71. The number of amides is 1. The average Bonchev–Trinajstić information content (AvgIpc) is 2.70. The van der Waals surface area contributed by atoms with E-state index in [0.29, 0.717) is 24.0 Å². The molecule has 0 bridgehead atoms. The Kier molecular flexibility index (Phi) is 6.16. The van der Waals surface area contributed by atoms with Gasteiger partial charge in [-0.25, -0.2) is 8.78 Å². The maximum atomic E-state index is 14.3. The standard InChI is InChI=1S/C21H22F2N4O/c22-15-4-1-13(2-5-15)3-6-18(24)16-11-20(17(23)12-19(16)25)27-21(28)14-7-9-26-10-8-14/h1-6,11-12,14,24,26H,7-10,25H2,(H,27,28)/b6-3+,24-18?. The predicted molar refractivity (Wildman–Crippen MR) is 107 cm³/mol. The number of hydrogen-bond acceptors (Lipinski definition) is 4. The molecule has 0 aromatic heterocycles. The number of carbonyl (C=O) groups is 1. The lowest BCUT2D eigenvalue weighted by Gasteiger charge is -2.22. The number of benzene rings is 2. The quantitative estimate of drug-likeness (QED) is 0.469. The predicted octanol–water partition coefficient (Wildman–Crippen LogP) is 3.57. The number of allylic oxidation sites excluding steroid dienone is 1. The Bertz CT molecular complexity index is 903. The molecule has 1 aliphatic rings. The normalized spacial score (nSPS) is 14.9. The minimum absolute atomic E-state index is 0.00710. The van der Waals surface area contributed by atoms with Crippen molar-refractivity contribution in [2.45, 2.75) is 12.8 Å². The molecule has 1 aliphatic heterocycles. The van der Waals surface area contributed by atoms with Crippen LogP contribution in [0.15, 0.2) is 42.5 Å². The Balaban J connectivity index is 1.77. The number of halogens is 2. The molecule has 0 unspecified atom stereocenters. The molecule has 1 saturated heterocycles. The monoisotopic (exact) mass is 384 g/mol. The number of nitrogens with one attached hydrogen (secondary N) is 3. The van der Waals surface area contributed by atoms with Gasteiger partial charge in [0.1, 0.15) is 11.6 Å². The molecule has 2 aromatic rings. The van der Waals surface area contributed by atoms with Gasteiger partial charge in [0.05, 0.1) is 11.4 Å². The average molecular weight is 384 g/mol. The van der Waals surface area contributed by atoms with E-state index in [1.54, 1.807) is 18.2 Å². The molecule has 0 radical (unpaired) electrons. The molecule has 1 heterocycles. The second kappa shape index (κ2) is 8.75. The Labute approximate surface area is 162 Å². The first-order valence-corrected chi connectivity index (χ1v) is 9.07. The molecule has 0 atom stereocenters. The van der Waals surface area contributed by atoms with Crippen LogP contribution in [-0.2, 0) is 4.79 Å². The molecule has 28 heavy (non-hydrogen) atoms. The largest absolute Gasteiger partial charge is 0.398 e. The number of nitrogen functional groups attached to an aromatic ring is 1. The van der Waals surface area contributed by atoms with Gasteiger partial charge in [-0.1, -0.05) is 18.2 Å². The molecule has 1 amide bonds. The van der Waals surface area contributed by atoms with Crippen molar-refractivity contribution in [2.24, 2.45) is 5.92 Å². The number of carbonyl (C=O) groups excluding carboxylic acids is 1. The molecule has 5 N–H and O–H groups in total. The second-order valence-corrected chi connectivity index (χ2v) is 6.73. The minimum Gasteiger partial charge on any atom is -0.398 e. The molecule has 2 aromatic carbocycles. The van der Waals surface area contributed by atoms with Crippen molar-refractivity contribution in [3.05, 3.63) is 65.2 Å². The number of nitrogens with two attached hydrogens (primary N) is 1. The van der Waals surface area contributed by atoms with Crippen LogP contribution in [0.2, 0.25) is 0 Å². The van der Waals surface area contributed by atoms with Crippen molar-refractivity contribution >= 4 is 29.1 Å². The SMILES string of the molecule is N=C(/C=C/c1ccc(F)cc1)c1cc(NC(=O)C2CCNCC2)c(F)cc1N. The van der Waals surface area contributed by atoms with E-state index in [1.165, 1.54) is 24.3 Å². The van der Waals surface area contributed by atoms with Crippen LogP contribution >= 0.6 is 0 Å². The summed E-state index contributed by atoms with van der Waals surface area (Å²) in [7, 11) is 0. The summed E-state index contributed by atoms with van der Waals surface area (Å²) in [4.78, 5) is 12.4. The maximum Gasteiger partial charge on any atom is 0.227 e. The molecular formula is C21H22F2N4O. The van der Waals surface area contributed by atoms with Gasteiger partial charge >= 0.3 is 0 Å². The summed E-state index contributed by atoms with van der Waals surface area (Å²) in [5.41, 5.74) is 7.05. The number of rotatable bonds is 5. The fourth-order valence-electron chi connectivity index (χ4n) is 3.08. The van der Waals surface area contributed by atoms with Gasteiger partial charge < -0.3 is 21.8 Å². The maximum absolute atomic E-state index is 14.3. The third-order valence-corrected chi connectivity index (χ3v) is 4.71. The molecule has 1 fully saturated rings. The van der Waals surface area contributed by atoms with Crippen LogP contribution in [-0.4, -0.2) is 24.7 Å². The van der Waals surface area contributed by atoms with Gasteiger partial charge in [-0.3, -0.25) is 4.79 Å². The zero-order valence-corrected chi connectivity index (χ0v) is 15.3. The lowest BCUT2D eigenvalue weighted by molar-refractivity contribution is -0.120. The summed E-state index contributed by atoms with van der Waals surface area (Å²) in [6.45, 7) is 1.51. The first-order valence-electron chi connectivity index (χ1n) is 9.07. The highest BCUT2D eigenvalue weighted by Crippen LogP contribution is 2.25. The van der Waals surface area contributed by atoms with Gasteiger partial charge in [-0.2, -0.15) is 0 Å². The highest BCUT2D eigenvalue weighted by atomic mass is 19.1. The summed E-state index contributed by atoms with van der Waals surface area (Å²) in [6.07, 6.45) is 4.53. The molecule has 0 saturated carbocycles. The molecule has 0 aliphatic carbocycles. The van der Waals surface area contributed by atoms with E-state index in [9.17, 15) is 13.6 Å². The Morgan fingerprint density at radius 3 is 2.54 bits per heavy atom. The summed E-state index contributed by atoms with van der Waals surface area (Å²) >= 11 is 0. The van der Waals surface area contributed by atoms with E-state index >= 15 is 0 Å².